The summed E-state index contributed by atoms with van der Waals surface area (Å²) in [6, 6.07) is 8.80. The van der Waals surface area contributed by atoms with Crippen LogP contribution in [0.3, 0.4) is 0 Å². The van der Waals surface area contributed by atoms with E-state index in [1.165, 1.54) is 18.5 Å². The van der Waals surface area contributed by atoms with Crippen molar-refractivity contribution in [2.75, 3.05) is 11.9 Å². The second-order valence-corrected chi connectivity index (χ2v) is 6.36. The smallest absolute Gasteiger partial charge is 0.421 e. The van der Waals surface area contributed by atoms with Gasteiger partial charge in [-0.25, -0.2) is 9.97 Å². The number of anilines is 1. The molecule has 2 heterocycles. The Morgan fingerprint density at radius 3 is 2.50 bits per heavy atom. The highest BCUT2D eigenvalue weighted by Gasteiger charge is 2.35. The van der Waals surface area contributed by atoms with E-state index in [0.717, 1.165) is 11.6 Å². The maximum atomic E-state index is 13.0. The zero-order valence-electron chi connectivity index (χ0n) is 14.2. The standard InChI is InChI=1S/C18H13Cl2F3N4O/c19-14-10-26-17(20)27-15(14)24-9-7-11-3-5-12(6-4-11)28-16-13(18(21,22)23)2-1-8-25-16/h1-6,8,10H,7,9H2,(H,24,26,27). The number of halogens is 5. The topological polar surface area (TPSA) is 59.9 Å². The Morgan fingerprint density at radius 1 is 1.04 bits per heavy atom. The third kappa shape index (κ3) is 5.24. The molecular weight excluding hydrogens is 416 g/mol. The Bertz CT molecular complexity index is 952. The highest BCUT2D eigenvalue weighted by Crippen LogP contribution is 2.36. The van der Waals surface area contributed by atoms with Crippen LogP contribution in [0.4, 0.5) is 19.0 Å². The molecule has 0 aliphatic rings. The highest BCUT2D eigenvalue weighted by molar-refractivity contribution is 6.33. The van der Waals surface area contributed by atoms with Crippen LogP contribution in [0.25, 0.3) is 0 Å². The Kier molecular flexibility index (Phi) is 6.21. The predicted molar refractivity (Wildman–Crippen MR) is 100 cm³/mol. The van der Waals surface area contributed by atoms with Crippen molar-refractivity contribution in [3.05, 3.63) is 70.2 Å². The van der Waals surface area contributed by atoms with E-state index in [1.54, 1.807) is 24.3 Å². The molecule has 0 saturated heterocycles. The van der Waals surface area contributed by atoms with Crippen molar-refractivity contribution in [2.45, 2.75) is 12.6 Å². The summed E-state index contributed by atoms with van der Waals surface area (Å²) in [4.78, 5) is 11.4. The molecule has 0 unspecified atom stereocenters. The van der Waals surface area contributed by atoms with E-state index in [9.17, 15) is 13.2 Å². The monoisotopic (exact) mass is 428 g/mol. The number of hydrogen-bond acceptors (Lipinski definition) is 5. The van der Waals surface area contributed by atoms with Gasteiger partial charge in [-0.05, 0) is 47.9 Å². The van der Waals surface area contributed by atoms with E-state index in [1.807, 2.05) is 0 Å². The van der Waals surface area contributed by atoms with E-state index < -0.39 is 17.6 Å². The Hall–Kier alpha value is -2.58. The summed E-state index contributed by atoms with van der Waals surface area (Å²) in [5, 5.41) is 3.48. The number of ether oxygens (including phenoxy) is 1. The number of alkyl halides is 3. The molecule has 0 atom stereocenters. The van der Waals surface area contributed by atoms with E-state index in [0.29, 0.717) is 23.8 Å². The van der Waals surface area contributed by atoms with Crippen molar-refractivity contribution >= 4 is 29.0 Å². The summed E-state index contributed by atoms with van der Waals surface area (Å²) in [5.74, 6) is 0.197. The minimum atomic E-state index is -4.54. The second kappa shape index (κ2) is 8.62. The van der Waals surface area contributed by atoms with Gasteiger partial charge in [-0.1, -0.05) is 23.7 Å². The molecule has 0 amide bonds. The normalized spacial score (nSPS) is 11.3. The summed E-state index contributed by atoms with van der Waals surface area (Å²) in [6.45, 7) is 0.520. The molecule has 0 aliphatic heterocycles. The van der Waals surface area contributed by atoms with Gasteiger partial charge in [-0.2, -0.15) is 18.2 Å². The van der Waals surface area contributed by atoms with E-state index in [-0.39, 0.29) is 11.0 Å². The van der Waals surface area contributed by atoms with Gasteiger partial charge in [0, 0.05) is 12.7 Å². The SMILES string of the molecule is FC(F)(F)c1cccnc1Oc1ccc(CCNc2nc(Cl)ncc2Cl)cc1. The van der Waals surface area contributed by atoms with Crippen molar-refractivity contribution in [3.63, 3.8) is 0 Å². The number of benzene rings is 1. The first kappa shape index (κ1) is 20.2. The quantitative estimate of drug-likeness (QED) is 0.514. The maximum absolute atomic E-state index is 13.0. The minimum absolute atomic E-state index is 0.0844. The fourth-order valence-corrected chi connectivity index (χ4v) is 2.61. The number of hydrogen-bond donors (Lipinski definition) is 1. The van der Waals surface area contributed by atoms with Gasteiger partial charge in [-0.3, -0.25) is 0 Å². The van der Waals surface area contributed by atoms with Crippen LogP contribution in [0.5, 0.6) is 11.6 Å². The number of rotatable bonds is 6. The molecule has 146 valence electrons. The van der Waals surface area contributed by atoms with Crippen LogP contribution in [0.15, 0.2) is 48.8 Å². The molecule has 10 heteroatoms. The summed E-state index contributed by atoms with van der Waals surface area (Å²) in [6.07, 6.45) is -1.27. The van der Waals surface area contributed by atoms with E-state index in [4.69, 9.17) is 27.9 Å². The lowest BCUT2D eigenvalue weighted by molar-refractivity contribution is -0.138. The fourth-order valence-electron chi connectivity index (χ4n) is 2.32. The summed E-state index contributed by atoms with van der Waals surface area (Å²) in [7, 11) is 0. The molecule has 3 rings (SSSR count). The molecule has 28 heavy (non-hydrogen) atoms. The lowest BCUT2D eigenvalue weighted by Gasteiger charge is -2.12. The van der Waals surface area contributed by atoms with Crippen LogP contribution in [0.1, 0.15) is 11.1 Å². The van der Waals surface area contributed by atoms with Crippen molar-refractivity contribution in [3.8, 4) is 11.6 Å². The van der Waals surface area contributed by atoms with Crippen LogP contribution < -0.4 is 10.1 Å². The van der Waals surface area contributed by atoms with Crippen molar-refractivity contribution in [1.29, 1.82) is 0 Å². The summed E-state index contributed by atoms with van der Waals surface area (Å²) < 4.78 is 44.3. The molecule has 2 aromatic heterocycles. The van der Waals surface area contributed by atoms with Gasteiger partial charge in [-0.15, -0.1) is 0 Å². The lowest BCUT2D eigenvalue weighted by Crippen LogP contribution is -2.08. The lowest BCUT2D eigenvalue weighted by atomic mass is 10.1. The van der Waals surface area contributed by atoms with Gasteiger partial charge in [0.05, 0.1) is 6.20 Å². The van der Waals surface area contributed by atoms with Gasteiger partial charge >= 0.3 is 6.18 Å². The molecular formula is C18H13Cl2F3N4O. The number of aromatic nitrogens is 3. The second-order valence-electron chi connectivity index (χ2n) is 5.61. The fraction of sp³-hybridized carbons (Fsp3) is 0.167. The molecule has 5 nitrogen and oxygen atoms in total. The zero-order valence-corrected chi connectivity index (χ0v) is 15.7. The molecule has 0 saturated carbocycles. The van der Waals surface area contributed by atoms with Crippen LogP contribution in [0.2, 0.25) is 10.3 Å². The van der Waals surface area contributed by atoms with Gasteiger partial charge in [0.2, 0.25) is 11.2 Å². The largest absolute Gasteiger partial charge is 0.438 e. The zero-order chi connectivity index (χ0) is 20.1. The average molecular weight is 429 g/mol. The van der Waals surface area contributed by atoms with Crippen molar-refractivity contribution in [2.24, 2.45) is 0 Å². The first-order valence-electron chi connectivity index (χ1n) is 8.04. The van der Waals surface area contributed by atoms with Crippen LogP contribution >= 0.6 is 23.2 Å². The molecule has 0 spiro atoms. The summed E-state index contributed by atoms with van der Waals surface area (Å²) in [5.41, 5.74) is 0.0110. The first-order chi connectivity index (χ1) is 13.3. The molecule has 0 radical (unpaired) electrons. The maximum Gasteiger partial charge on any atom is 0.421 e. The van der Waals surface area contributed by atoms with Crippen LogP contribution in [0, 0.1) is 0 Å². The van der Waals surface area contributed by atoms with Crippen LogP contribution in [-0.2, 0) is 12.6 Å². The number of pyridine rings is 1. The van der Waals surface area contributed by atoms with Gasteiger partial charge < -0.3 is 10.1 Å². The first-order valence-corrected chi connectivity index (χ1v) is 8.79. The molecule has 3 aromatic rings. The Balaban J connectivity index is 1.61. The van der Waals surface area contributed by atoms with Crippen molar-refractivity contribution in [1.82, 2.24) is 15.0 Å². The van der Waals surface area contributed by atoms with Gasteiger partial charge in [0.15, 0.2) is 0 Å². The van der Waals surface area contributed by atoms with Crippen LogP contribution in [-0.4, -0.2) is 21.5 Å². The van der Waals surface area contributed by atoms with Gasteiger partial charge in [0.25, 0.3) is 0 Å². The summed E-state index contributed by atoms with van der Waals surface area (Å²) >= 11 is 11.7. The Morgan fingerprint density at radius 2 is 1.79 bits per heavy atom. The minimum Gasteiger partial charge on any atom is -0.438 e. The third-order valence-corrected chi connectivity index (χ3v) is 4.09. The molecule has 1 N–H and O–H groups in total. The molecule has 0 fully saturated rings. The van der Waals surface area contributed by atoms with Crippen molar-refractivity contribution < 1.29 is 17.9 Å². The Labute approximate surface area is 168 Å². The molecule has 1 aromatic carbocycles. The number of nitrogens with one attached hydrogen (secondary N) is 1. The number of nitrogens with zero attached hydrogens (tertiary/aromatic N) is 3. The van der Waals surface area contributed by atoms with E-state index >= 15 is 0 Å². The van der Waals surface area contributed by atoms with Gasteiger partial charge in [0.1, 0.15) is 22.2 Å². The molecule has 0 bridgehead atoms. The predicted octanol–water partition coefficient (Wildman–Crippen LogP) is 5.64. The highest BCUT2D eigenvalue weighted by atomic mass is 35.5. The van der Waals surface area contributed by atoms with E-state index in [2.05, 4.69) is 20.3 Å². The average Bonchev–Trinajstić information content (AvgIpc) is 2.65. The molecule has 0 aliphatic carbocycles. The third-order valence-electron chi connectivity index (χ3n) is 3.64.